The van der Waals surface area contributed by atoms with Gasteiger partial charge in [0, 0.05) is 26.6 Å². The quantitative estimate of drug-likeness (QED) is 0.787. The summed E-state index contributed by atoms with van der Waals surface area (Å²) >= 11 is 0. The molecule has 0 N–H and O–H groups in total. The first-order valence-corrected chi connectivity index (χ1v) is 6.61. The van der Waals surface area contributed by atoms with E-state index in [1.807, 2.05) is 6.92 Å². The fraction of sp³-hybridized carbons (Fsp3) is 0.538. The second-order valence-corrected chi connectivity index (χ2v) is 4.86. The van der Waals surface area contributed by atoms with E-state index in [1.165, 1.54) is 11.5 Å². The molecule has 0 saturated heterocycles. The van der Waals surface area contributed by atoms with Gasteiger partial charge in [-0.05, 0) is 13.3 Å². The second kappa shape index (κ2) is 5.44. The van der Waals surface area contributed by atoms with Crippen molar-refractivity contribution >= 4 is 16.9 Å². The molecule has 0 radical (unpaired) electrons. The van der Waals surface area contributed by atoms with Crippen LogP contribution in [0.3, 0.4) is 0 Å². The summed E-state index contributed by atoms with van der Waals surface area (Å²) in [7, 11) is 1.58. The molecule has 2 aromatic rings. The van der Waals surface area contributed by atoms with Crippen LogP contribution in [0.25, 0.3) is 11.2 Å². The Hall–Kier alpha value is -2.18. The summed E-state index contributed by atoms with van der Waals surface area (Å²) in [6.45, 7) is 4.21. The largest absolute Gasteiger partial charge is 0.332 e. The third-order valence-corrected chi connectivity index (χ3v) is 3.25. The normalized spacial score (nSPS) is 11.2. The molecule has 0 atom stereocenters. The summed E-state index contributed by atoms with van der Waals surface area (Å²) < 4.78 is 4.21. The highest BCUT2D eigenvalue weighted by atomic mass is 16.2. The zero-order chi connectivity index (χ0) is 14.9. The van der Waals surface area contributed by atoms with Crippen LogP contribution in [0.15, 0.2) is 15.9 Å². The van der Waals surface area contributed by atoms with Gasteiger partial charge < -0.3 is 4.57 Å². The highest BCUT2D eigenvalue weighted by Crippen LogP contribution is 2.06. The molecule has 0 fully saturated rings. The van der Waals surface area contributed by atoms with Gasteiger partial charge in [-0.15, -0.1) is 0 Å². The maximum absolute atomic E-state index is 12.4. The first kappa shape index (κ1) is 14.2. The Morgan fingerprint density at radius 1 is 1.30 bits per heavy atom. The molecule has 0 spiro atoms. The van der Waals surface area contributed by atoms with Gasteiger partial charge >= 0.3 is 5.69 Å². The van der Waals surface area contributed by atoms with E-state index in [9.17, 15) is 14.4 Å². The lowest BCUT2D eigenvalue weighted by Gasteiger charge is -2.08. The van der Waals surface area contributed by atoms with Crippen LogP contribution in [0.5, 0.6) is 0 Å². The predicted molar refractivity (Wildman–Crippen MR) is 74.8 cm³/mol. The highest BCUT2D eigenvalue weighted by molar-refractivity contribution is 5.75. The Morgan fingerprint density at radius 2 is 2.00 bits per heavy atom. The van der Waals surface area contributed by atoms with Crippen molar-refractivity contribution in [3.05, 3.63) is 27.2 Å². The first-order chi connectivity index (χ1) is 9.47. The average Bonchev–Trinajstić information content (AvgIpc) is 2.80. The molecule has 2 heterocycles. The van der Waals surface area contributed by atoms with E-state index in [1.54, 1.807) is 17.9 Å². The summed E-state index contributed by atoms with van der Waals surface area (Å²) in [5, 5.41) is 0. The molecule has 108 valence electrons. The minimum absolute atomic E-state index is 0.0545. The van der Waals surface area contributed by atoms with Gasteiger partial charge in [0.2, 0.25) is 0 Å². The summed E-state index contributed by atoms with van der Waals surface area (Å²) in [6.07, 6.45) is 2.61. The van der Waals surface area contributed by atoms with Crippen molar-refractivity contribution in [1.82, 2.24) is 18.7 Å². The Bertz CT molecular complexity index is 766. The number of hydrogen-bond acceptors (Lipinski definition) is 4. The number of aryl methyl sites for hydroxylation is 2. The number of hydrogen-bond donors (Lipinski definition) is 0. The summed E-state index contributed by atoms with van der Waals surface area (Å²) in [6, 6.07) is 0. The number of carbonyl (C=O) groups excluding carboxylic acids is 1. The topological polar surface area (TPSA) is 78.9 Å². The fourth-order valence-corrected chi connectivity index (χ4v) is 2.20. The van der Waals surface area contributed by atoms with Crippen LogP contribution >= 0.6 is 0 Å². The van der Waals surface area contributed by atoms with Gasteiger partial charge in [0.1, 0.15) is 5.78 Å². The monoisotopic (exact) mass is 278 g/mol. The van der Waals surface area contributed by atoms with Crippen LogP contribution in [0.2, 0.25) is 0 Å². The summed E-state index contributed by atoms with van der Waals surface area (Å²) in [5.41, 5.74) is -0.0224. The Kier molecular flexibility index (Phi) is 3.87. The van der Waals surface area contributed by atoms with Crippen LogP contribution in [0, 0.1) is 0 Å². The van der Waals surface area contributed by atoms with Gasteiger partial charge in [-0.25, -0.2) is 9.78 Å². The van der Waals surface area contributed by atoms with Crippen molar-refractivity contribution in [2.24, 2.45) is 7.05 Å². The molecule has 0 aliphatic heterocycles. The molecule has 0 aromatic carbocycles. The predicted octanol–water partition coefficient (Wildman–Crippen LogP) is 0.286. The molecule has 7 nitrogen and oxygen atoms in total. The Labute approximate surface area is 115 Å². The molecule has 0 bridgehead atoms. The van der Waals surface area contributed by atoms with Gasteiger partial charge in [-0.1, -0.05) is 6.92 Å². The fourth-order valence-electron chi connectivity index (χ4n) is 2.20. The van der Waals surface area contributed by atoms with Crippen molar-refractivity contribution in [1.29, 1.82) is 0 Å². The van der Waals surface area contributed by atoms with Crippen LogP contribution in [0.4, 0.5) is 0 Å². The van der Waals surface area contributed by atoms with E-state index in [-0.39, 0.29) is 24.3 Å². The van der Waals surface area contributed by atoms with Crippen molar-refractivity contribution in [2.45, 2.75) is 39.8 Å². The number of rotatable bonds is 5. The zero-order valence-electron chi connectivity index (χ0n) is 11.9. The molecular weight excluding hydrogens is 260 g/mol. The van der Waals surface area contributed by atoms with Crippen molar-refractivity contribution in [3.63, 3.8) is 0 Å². The van der Waals surface area contributed by atoms with Gasteiger partial charge in [-0.2, -0.15) is 0 Å². The van der Waals surface area contributed by atoms with E-state index >= 15 is 0 Å². The minimum Gasteiger partial charge on any atom is -0.325 e. The van der Waals surface area contributed by atoms with Crippen molar-refractivity contribution < 1.29 is 4.79 Å². The van der Waals surface area contributed by atoms with E-state index in [2.05, 4.69) is 4.98 Å². The van der Waals surface area contributed by atoms with Crippen LogP contribution in [-0.4, -0.2) is 24.5 Å². The Balaban J connectivity index is 2.69. The standard InChI is InChI=1S/C13H18N4O3/c1-4-6-16-8-14-11-10(16)12(19)17(7-5-9(2)18)13(20)15(11)3/h8H,4-7H2,1-3H3. The lowest BCUT2D eigenvalue weighted by Crippen LogP contribution is -2.40. The lowest BCUT2D eigenvalue weighted by atomic mass is 10.3. The molecule has 2 rings (SSSR count). The number of aromatic nitrogens is 4. The lowest BCUT2D eigenvalue weighted by molar-refractivity contribution is -0.117. The maximum Gasteiger partial charge on any atom is 0.332 e. The van der Waals surface area contributed by atoms with E-state index in [4.69, 9.17) is 0 Å². The Morgan fingerprint density at radius 3 is 2.60 bits per heavy atom. The summed E-state index contributed by atoms with van der Waals surface area (Å²) in [4.78, 5) is 39.8. The van der Waals surface area contributed by atoms with E-state index < -0.39 is 5.69 Å². The number of carbonyl (C=O) groups is 1. The molecule has 0 unspecified atom stereocenters. The average molecular weight is 278 g/mol. The first-order valence-electron chi connectivity index (χ1n) is 6.61. The van der Waals surface area contributed by atoms with Crippen LogP contribution < -0.4 is 11.2 Å². The number of imidazole rings is 1. The molecule has 0 aliphatic carbocycles. The van der Waals surface area contributed by atoms with Gasteiger partial charge in [0.15, 0.2) is 11.2 Å². The number of nitrogens with zero attached hydrogens (tertiary/aromatic N) is 4. The number of Topliss-reactive ketones (excluding diaryl/α,β-unsaturated/α-hetero) is 1. The van der Waals surface area contributed by atoms with E-state index in [0.717, 1.165) is 11.0 Å². The highest BCUT2D eigenvalue weighted by Gasteiger charge is 2.15. The smallest absolute Gasteiger partial charge is 0.325 e. The molecule has 0 aliphatic rings. The SMILES string of the molecule is CCCn1cnc2c1c(=O)n(CCC(C)=O)c(=O)n2C. The zero-order valence-corrected chi connectivity index (χ0v) is 11.9. The molecule has 2 aromatic heterocycles. The second-order valence-electron chi connectivity index (χ2n) is 4.86. The maximum atomic E-state index is 12.4. The summed E-state index contributed by atoms with van der Waals surface area (Å²) in [5.74, 6) is -0.0545. The van der Waals surface area contributed by atoms with Gasteiger partial charge in [-0.3, -0.25) is 18.7 Å². The third-order valence-electron chi connectivity index (χ3n) is 3.25. The molecule has 7 heteroatoms. The minimum atomic E-state index is -0.439. The van der Waals surface area contributed by atoms with Crippen molar-refractivity contribution in [2.75, 3.05) is 0 Å². The number of ketones is 1. The molecule has 20 heavy (non-hydrogen) atoms. The van der Waals surface area contributed by atoms with E-state index in [0.29, 0.717) is 17.7 Å². The van der Waals surface area contributed by atoms with Crippen LogP contribution in [0.1, 0.15) is 26.7 Å². The third kappa shape index (κ3) is 2.31. The molecular formula is C13H18N4O3. The molecule has 0 amide bonds. The molecule has 0 saturated carbocycles. The van der Waals surface area contributed by atoms with Crippen LogP contribution in [-0.2, 0) is 24.9 Å². The van der Waals surface area contributed by atoms with Gasteiger partial charge in [0.25, 0.3) is 5.56 Å². The van der Waals surface area contributed by atoms with Crippen molar-refractivity contribution in [3.8, 4) is 0 Å². The van der Waals surface area contributed by atoms with Gasteiger partial charge in [0.05, 0.1) is 6.33 Å². The number of fused-ring (bicyclic) bond motifs is 1.